The van der Waals surface area contributed by atoms with E-state index in [-0.39, 0.29) is 12.5 Å². The van der Waals surface area contributed by atoms with E-state index in [0.29, 0.717) is 36.8 Å². The van der Waals surface area contributed by atoms with Crippen LogP contribution in [-0.2, 0) is 11.3 Å². The Morgan fingerprint density at radius 3 is 2.66 bits per heavy atom. The molecule has 0 aliphatic carbocycles. The molecule has 0 spiro atoms. The summed E-state index contributed by atoms with van der Waals surface area (Å²) in [5.41, 5.74) is 3.13. The fraction of sp³-hybridized carbons (Fsp3) is 0.240. The second-order valence-corrected chi connectivity index (χ2v) is 7.85. The van der Waals surface area contributed by atoms with Crippen LogP contribution in [-0.4, -0.2) is 44.7 Å². The van der Waals surface area contributed by atoms with E-state index in [2.05, 4.69) is 5.32 Å². The molecule has 2 heterocycles. The van der Waals surface area contributed by atoms with Gasteiger partial charge in [0.15, 0.2) is 11.5 Å². The molecule has 1 N–H and O–H groups in total. The molecule has 5 rings (SSSR count). The van der Waals surface area contributed by atoms with Gasteiger partial charge >= 0.3 is 0 Å². The van der Waals surface area contributed by atoms with Gasteiger partial charge in [-0.1, -0.05) is 24.3 Å². The van der Waals surface area contributed by atoms with Crippen molar-refractivity contribution >= 4 is 33.5 Å². The van der Waals surface area contributed by atoms with Crippen molar-refractivity contribution in [1.29, 1.82) is 0 Å². The maximum absolute atomic E-state index is 12.7. The van der Waals surface area contributed by atoms with Gasteiger partial charge in [-0.15, -0.1) is 0 Å². The zero-order valence-electron chi connectivity index (χ0n) is 18.0. The molecule has 4 aromatic rings. The van der Waals surface area contributed by atoms with Crippen LogP contribution in [0.4, 0.5) is 5.69 Å². The van der Waals surface area contributed by atoms with Gasteiger partial charge in [-0.25, -0.2) is 0 Å². The Bertz CT molecular complexity index is 1300. The number of amides is 1. The number of ether oxygens (including phenoxy) is 3. The second kappa shape index (κ2) is 8.43. The topological polar surface area (TPSA) is 73.2 Å². The summed E-state index contributed by atoms with van der Waals surface area (Å²) in [7, 11) is 3.49. The van der Waals surface area contributed by atoms with E-state index >= 15 is 0 Å². The third-order valence-corrected chi connectivity index (χ3v) is 5.45. The number of nitrogens with zero attached hydrogens (tertiary/aromatic N) is 1. The lowest BCUT2D eigenvalue weighted by Crippen LogP contribution is -2.30. The Hall–Kier alpha value is -3.71. The molecule has 7 heteroatoms. The molecule has 0 atom stereocenters. The lowest BCUT2D eigenvalue weighted by molar-refractivity contribution is -0.117. The number of benzene rings is 3. The minimum Gasteiger partial charge on any atom is -0.495 e. The van der Waals surface area contributed by atoms with E-state index in [1.165, 1.54) is 0 Å². The summed E-state index contributed by atoms with van der Waals surface area (Å²) in [5.74, 6) is 1.95. The number of methoxy groups -OCH3 is 1. The van der Waals surface area contributed by atoms with Crippen molar-refractivity contribution < 1.29 is 23.4 Å². The van der Waals surface area contributed by atoms with Gasteiger partial charge in [0, 0.05) is 23.4 Å². The van der Waals surface area contributed by atoms with Gasteiger partial charge in [-0.2, -0.15) is 0 Å². The van der Waals surface area contributed by atoms with Crippen molar-refractivity contribution in [3.8, 4) is 17.2 Å². The number of hydrogen-bond donors (Lipinski definition) is 1. The fourth-order valence-electron chi connectivity index (χ4n) is 4.01. The number of hydrogen-bond acceptors (Lipinski definition) is 6. The van der Waals surface area contributed by atoms with Crippen LogP contribution in [0, 0.1) is 0 Å². The van der Waals surface area contributed by atoms with Crippen molar-refractivity contribution in [2.45, 2.75) is 6.54 Å². The molecular formula is C25H24N2O5. The third-order valence-electron chi connectivity index (χ3n) is 5.45. The van der Waals surface area contributed by atoms with E-state index in [9.17, 15) is 4.79 Å². The first kappa shape index (κ1) is 20.2. The monoisotopic (exact) mass is 432 g/mol. The van der Waals surface area contributed by atoms with Crippen molar-refractivity contribution in [1.82, 2.24) is 4.90 Å². The Labute approximate surface area is 185 Å². The number of likely N-dealkylation sites (N-methyl/N-ethyl adjacent to an activating group) is 1. The predicted octanol–water partition coefficient (Wildman–Crippen LogP) is 4.44. The summed E-state index contributed by atoms with van der Waals surface area (Å²) in [5, 5.41) is 4.92. The summed E-state index contributed by atoms with van der Waals surface area (Å²) < 4.78 is 22.7. The maximum atomic E-state index is 12.7. The molecule has 0 saturated heterocycles. The van der Waals surface area contributed by atoms with Crippen LogP contribution in [0.5, 0.6) is 17.2 Å². The van der Waals surface area contributed by atoms with Crippen molar-refractivity contribution in [3.63, 3.8) is 0 Å². The highest BCUT2D eigenvalue weighted by Crippen LogP contribution is 2.36. The number of carbonyl (C=O) groups excluding carboxylic acids is 1. The van der Waals surface area contributed by atoms with E-state index in [1.807, 2.05) is 66.5 Å². The summed E-state index contributed by atoms with van der Waals surface area (Å²) in [4.78, 5) is 14.7. The van der Waals surface area contributed by atoms with Gasteiger partial charge in [0.1, 0.15) is 30.1 Å². The Kier molecular flexibility index (Phi) is 5.33. The molecule has 0 radical (unpaired) electrons. The smallest absolute Gasteiger partial charge is 0.238 e. The molecule has 1 aliphatic heterocycles. The SMILES string of the molecule is COc1cc2c(cc1NC(=O)CN(C)Cc1ccc3c(c1)OCCO3)oc1ccccc12. The van der Waals surface area contributed by atoms with Gasteiger partial charge < -0.3 is 23.9 Å². The third kappa shape index (κ3) is 3.94. The predicted molar refractivity (Wildman–Crippen MR) is 123 cm³/mol. The molecule has 0 bridgehead atoms. The van der Waals surface area contributed by atoms with Crippen molar-refractivity contribution in [2.24, 2.45) is 0 Å². The number of anilines is 1. The fourth-order valence-corrected chi connectivity index (χ4v) is 4.01. The van der Waals surface area contributed by atoms with E-state index in [4.69, 9.17) is 18.6 Å². The highest BCUT2D eigenvalue weighted by Gasteiger charge is 2.16. The van der Waals surface area contributed by atoms with Crippen LogP contribution >= 0.6 is 0 Å². The molecule has 32 heavy (non-hydrogen) atoms. The number of rotatable bonds is 6. The first-order valence-electron chi connectivity index (χ1n) is 10.5. The minimum atomic E-state index is -0.140. The quantitative estimate of drug-likeness (QED) is 0.486. The molecular weight excluding hydrogens is 408 g/mol. The average Bonchev–Trinajstić information content (AvgIpc) is 3.15. The zero-order valence-corrected chi connectivity index (χ0v) is 18.0. The number of furan rings is 1. The van der Waals surface area contributed by atoms with Crippen LogP contribution in [0.2, 0.25) is 0 Å². The van der Waals surface area contributed by atoms with E-state index < -0.39 is 0 Å². The molecule has 0 unspecified atom stereocenters. The summed E-state index contributed by atoms with van der Waals surface area (Å²) in [6.07, 6.45) is 0. The summed E-state index contributed by atoms with van der Waals surface area (Å²) >= 11 is 0. The normalized spacial score (nSPS) is 13.0. The number of nitrogens with one attached hydrogen (secondary N) is 1. The first-order chi connectivity index (χ1) is 15.6. The Morgan fingerprint density at radius 2 is 1.81 bits per heavy atom. The Balaban J connectivity index is 1.29. The maximum Gasteiger partial charge on any atom is 0.238 e. The molecule has 1 amide bonds. The van der Waals surface area contributed by atoms with Crippen molar-refractivity contribution in [2.75, 3.05) is 39.2 Å². The molecule has 1 aromatic heterocycles. The van der Waals surface area contributed by atoms with Gasteiger partial charge in [0.25, 0.3) is 0 Å². The van der Waals surface area contributed by atoms with E-state index in [0.717, 1.165) is 33.4 Å². The molecule has 1 aliphatic rings. The number of carbonyl (C=O) groups is 1. The number of para-hydroxylation sites is 1. The standard InChI is InChI=1S/C25H24N2O5/c1-27(14-16-7-8-21-24(11-16)31-10-9-30-21)15-25(28)26-19-13-22-18(12-23(19)29-2)17-5-3-4-6-20(17)32-22/h3-8,11-13H,9-10,14-15H2,1-2H3,(H,26,28). The Morgan fingerprint density at radius 1 is 1.00 bits per heavy atom. The van der Waals surface area contributed by atoms with Crippen molar-refractivity contribution in [3.05, 3.63) is 60.2 Å². The minimum absolute atomic E-state index is 0.140. The average molecular weight is 432 g/mol. The van der Waals surface area contributed by atoms with Crippen LogP contribution in [0.3, 0.4) is 0 Å². The summed E-state index contributed by atoms with van der Waals surface area (Å²) in [6, 6.07) is 17.4. The van der Waals surface area contributed by atoms with Gasteiger partial charge in [-0.05, 0) is 36.9 Å². The molecule has 0 saturated carbocycles. The lowest BCUT2D eigenvalue weighted by Gasteiger charge is -2.21. The van der Waals surface area contributed by atoms with Crippen LogP contribution < -0.4 is 19.5 Å². The number of fused-ring (bicyclic) bond motifs is 4. The zero-order chi connectivity index (χ0) is 22.1. The molecule has 7 nitrogen and oxygen atoms in total. The second-order valence-electron chi connectivity index (χ2n) is 7.85. The van der Waals surface area contributed by atoms with Gasteiger partial charge in [0.2, 0.25) is 5.91 Å². The van der Waals surface area contributed by atoms with Gasteiger partial charge in [-0.3, -0.25) is 9.69 Å². The molecule has 3 aromatic carbocycles. The largest absolute Gasteiger partial charge is 0.495 e. The molecule has 0 fully saturated rings. The van der Waals surface area contributed by atoms with Gasteiger partial charge in [0.05, 0.1) is 19.3 Å². The van der Waals surface area contributed by atoms with Crippen LogP contribution in [0.25, 0.3) is 21.9 Å². The van der Waals surface area contributed by atoms with Crippen LogP contribution in [0.1, 0.15) is 5.56 Å². The van der Waals surface area contributed by atoms with Crippen LogP contribution in [0.15, 0.2) is 59.0 Å². The highest BCUT2D eigenvalue weighted by molar-refractivity contribution is 6.07. The summed E-state index contributed by atoms with van der Waals surface area (Å²) in [6.45, 7) is 1.93. The molecule has 164 valence electrons. The van der Waals surface area contributed by atoms with E-state index in [1.54, 1.807) is 7.11 Å². The highest BCUT2D eigenvalue weighted by atomic mass is 16.6. The first-order valence-corrected chi connectivity index (χ1v) is 10.5. The lowest BCUT2D eigenvalue weighted by atomic mass is 10.1.